The maximum Gasteiger partial charge on any atom is 0.238 e. The molecule has 0 unspecified atom stereocenters. The molecule has 3 aromatic carbocycles. The van der Waals surface area contributed by atoms with Crippen LogP contribution in [-0.2, 0) is 16.6 Å². The number of rotatable bonds is 8. The highest BCUT2D eigenvalue weighted by molar-refractivity contribution is 5.92. The largest absolute Gasteiger partial charge is 0.454 e. The number of carbonyl (C=O) groups is 1. The minimum atomic E-state index is -1.26. The number of halogens is 3. The first-order chi connectivity index (χ1) is 17.6. The molecule has 1 amide bonds. The lowest BCUT2D eigenvalue weighted by atomic mass is 9.68. The van der Waals surface area contributed by atoms with E-state index >= 15 is 0 Å². The summed E-state index contributed by atoms with van der Waals surface area (Å²) >= 11 is 0. The summed E-state index contributed by atoms with van der Waals surface area (Å²) in [6.07, 6.45) is 2.63. The van der Waals surface area contributed by atoms with Gasteiger partial charge in [-0.25, -0.2) is 13.2 Å². The van der Waals surface area contributed by atoms with Crippen molar-refractivity contribution in [2.75, 3.05) is 39.0 Å². The Morgan fingerprint density at radius 3 is 2.32 bits per heavy atom. The molecular weight excluding hydrogens is 479 g/mol. The lowest BCUT2D eigenvalue weighted by Crippen LogP contribution is -2.42. The fraction of sp³-hybridized carbons (Fsp3) is 0.345. The molecule has 1 saturated heterocycles. The Kier molecular flexibility index (Phi) is 8.19. The van der Waals surface area contributed by atoms with Crippen LogP contribution in [0.15, 0.2) is 54.6 Å². The number of amides is 1. The number of carbonyl (C=O) groups excluding carboxylic acids is 1. The molecule has 1 heterocycles. The maximum atomic E-state index is 14.0. The fourth-order valence-electron chi connectivity index (χ4n) is 4.98. The van der Waals surface area contributed by atoms with Gasteiger partial charge < -0.3 is 20.3 Å². The second-order valence-corrected chi connectivity index (χ2v) is 9.97. The summed E-state index contributed by atoms with van der Waals surface area (Å²) in [6, 6.07) is 14.5. The van der Waals surface area contributed by atoms with E-state index in [0.717, 1.165) is 43.6 Å². The average Bonchev–Trinajstić information content (AvgIpc) is 2.85. The van der Waals surface area contributed by atoms with Crippen molar-refractivity contribution in [2.45, 2.75) is 31.6 Å². The summed E-state index contributed by atoms with van der Waals surface area (Å²) in [4.78, 5) is 14.2. The first-order valence-electron chi connectivity index (χ1n) is 12.3. The van der Waals surface area contributed by atoms with E-state index in [9.17, 15) is 18.0 Å². The first kappa shape index (κ1) is 26.7. The molecule has 1 aliphatic rings. The van der Waals surface area contributed by atoms with E-state index in [1.54, 1.807) is 12.1 Å². The number of aryl methyl sites for hydroxylation is 1. The van der Waals surface area contributed by atoms with E-state index in [1.807, 2.05) is 37.2 Å². The summed E-state index contributed by atoms with van der Waals surface area (Å²) < 4.78 is 46.2. The van der Waals surface area contributed by atoms with Gasteiger partial charge in [0, 0.05) is 23.2 Å². The normalized spacial score (nSPS) is 15.0. The Balaban J connectivity index is 1.57. The van der Waals surface area contributed by atoms with Crippen molar-refractivity contribution in [1.82, 2.24) is 10.2 Å². The number of nitrogens with zero attached hydrogens (tertiary/aromatic N) is 1. The zero-order chi connectivity index (χ0) is 26.6. The van der Waals surface area contributed by atoms with E-state index in [4.69, 9.17) is 4.74 Å². The SMILES string of the molecule is Cc1ccc(NC(=O)CN(C)C)cc1C1(Cc2ccc(Oc3cc(F)c(F)cc3F)cc2)CCNCC1. The second-order valence-electron chi connectivity index (χ2n) is 9.97. The molecule has 0 bridgehead atoms. The number of anilines is 1. The van der Waals surface area contributed by atoms with Gasteiger partial charge in [-0.1, -0.05) is 18.2 Å². The lowest BCUT2D eigenvalue weighted by Gasteiger charge is -2.40. The van der Waals surface area contributed by atoms with Crippen molar-refractivity contribution in [3.8, 4) is 11.5 Å². The molecule has 0 saturated carbocycles. The Labute approximate surface area is 215 Å². The fourth-order valence-corrected chi connectivity index (χ4v) is 4.98. The van der Waals surface area contributed by atoms with Crippen molar-refractivity contribution in [3.63, 3.8) is 0 Å². The molecule has 196 valence electrons. The van der Waals surface area contributed by atoms with Gasteiger partial charge >= 0.3 is 0 Å². The summed E-state index contributed by atoms with van der Waals surface area (Å²) in [5, 5.41) is 6.46. The Morgan fingerprint density at radius 1 is 0.973 bits per heavy atom. The smallest absolute Gasteiger partial charge is 0.238 e. The Bertz CT molecular complexity index is 1260. The molecule has 4 rings (SSSR count). The van der Waals surface area contributed by atoms with Crippen LogP contribution in [0.2, 0.25) is 0 Å². The highest BCUT2D eigenvalue weighted by Crippen LogP contribution is 2.40. The maximum absolute atomic E-state index is 14.0. The molecule has 0 atom stereocenters. The first-order valence-corrected chi connectivity index (χ1v) is 12.3. The minimum absolute atomic E-state index is 0.0628. The molecule has 0 aromatic heterocycles. The van der Waals surface area contributed by atoms with E-state index in [-0.39, 0.29) is 17.1 Å². The van der Waals surface area contributed by atoms with Gasteiger partial charge in [0.05, 0.1) is 6.54 Å². The highest BCUT2D eigenvalue weighted by Gasteiger charge is 2.35. The Morgan fingerprint density at radius 2 is 1.65 bits per heavy atom. The standard InChI is InChI=1S/C29H32F3N3O2/c1-19-4-7-21(34-28(36)18-35(2)3)14-23(19)29(10-12-33-13-11-29)17-20-5-8-22(9-6-20)37-27-16-25(31)24(30)15-26(27)32/h4-9,14-16,33H,10-13,17-18H2,1-3H3,(H,34,36). The van der Waals surface area contributed by atoms with Crippen LogP contribution in [0, 0.1) is 24.4 Å². The summed E-state index contributed by atoms with van der Waals surface area (Å²) in [7, 11) is 3.71. The number of ether oxygens (including phenoxy) is 1. The molecule has 1 fully saturated rings. The van der Waals surface area contributed by atoms with Crippen molar-refractivity contribution < 1.29 is 22.7 Å². The molecule has 0 aliphatic carbocycles. The summed E-state index contributed by atoms with van der Waals surface area (Å²) in [6.45, 7) is 4.17. The van der Waals surface area contributed by atoms with Crippen molar-refractivity contribution in [1.29, 1.82) is 0 Å². The average molecular weight is 512 g/mol. The van der Waals surface area contributed by atoms with E-state index < -0.39 is 17.5 Å². The second kappa shape index (κ2) is 11.4. The van der Waals surface area contributed by atoms with Crippen molar-refractivity contribution in [2.24, 2.45) is 0 Å². The number of benzene rings is 3. The third-order valence-corrected chi connectivity index (χ3v) is 6.78. The molecule has 3 aromatic rings. The van der Waals surface area contributed by atoms with Crippen molar-refractivity contribution in [3.05, 3.63) is 88.7 Å². The van der Waals surface area contributed by atoms with Gasteiger partial charge in [-0.15, -0.1) is 0 Å². The summed E-state index contributed by atoms with van der Waals surface area (Å²) in [5.74, 6) is -3.50. The number of nitrogens with one attached hydrogen (secondary N) is 2. The predicted molar refractivity (Wildman–Crippen MR) is 139 cm³/mol. The summed E-state index contributed by atoms with van der Waals surface area (Å²) in [5.41, 5.74) is 4.10. The molecular formula is C29H32F3N3O2. The quantitative estimate of drug-likeness (QED) is 0.389. The molecule has 5 nitrogen and oxygen atoms in total. The van der Waals surface area contributed by atoms with Crippen LogP contribution >= 0.6 is 0 Å². The Hall–Kier alpha value is -3.36. The zero-order valence-electron chi connectivity index (χ0n) is 21.3. The topological polar surface area (TPSA) is 53.6 Å². The van der Waals surface area contributed by atoms with Crippen LogP contribution < -0.4 is 15.4 Å². The minimum Gasteiger partial charge on any atom is -0.454 e. The molecule has 37 heavy (non-hydrogen) atoms. The molecule has 0 radical (unpaired) electrons. The molecule has 1 aliphatic heterocycles. The third-order valence-electron chi connectivity index (χ3n) is 6.78. The van der Waals surface area contributed by atoms with Crippen LogP contribution in [0.5, 0.6) is 11.5 Å². The number of piperidine rings is 1. The number of hydrogen-bond acceptors (Lipinski definition) is 4. The molecule has 2 N–H and O–H groups in total. The van der Waals surface area contributed by atoms with Gasteiger partial charge in [0.15, 0.2) is 23.2 Å². The number of likely N-dealkylation sites (N-methyl/N-ethyl adjacent to an activating group) is 1. The zero-order valence-corrected chi connectivity index (χ0v) is 21.3. The van der Waals surface area contributed by atoms with Gasteiger partial charge in [-0.2, -0.15) is 0 Å². The van der Waals surface area contributed by atoms with Crippen LogP contribution in [-0.4, -0.2) is 44.5 Å². The van der Waals surface area contributed by atoms with Gasteiger partial charge in [-0.05, 0) is 94.3 Å². The highest BCUT2D eigenvalue weighted by atomic mass is 19.2. The van der Waals surface area contributed by atoms with E-state index in [2.05, 4.69) is 29.7 Å². The van der Waals surface area contributed by atoms with Crippen LogP contribution in [0.1, 0.15) is 29.5 Å². The predicted octanol–water partition coefficient (Wildman–Crippen LogP) is 5.57. The van der Waals surface area contributed by atoms with Gasteiger partial charge in [-0.3, -0.25) is 4.79 Å². The monoisotopic (exact) mass is 511 g/mol. The van der Waals surface area contributed by atoms with Crippen LogP contribution in [0.4, 0.5) is 18.9 Å². The number of hydrogen-bond donors (Lipinski definition) is 2. The molecule has 0 spiro atoms. The van der Waals surface area contributed by atoms with Crippen molar-refractivity contribution >= 4 is 11.6 Å². The lowest BCUT2D eigenvalue weighted by molar-refractivity contribution is -0.116. The van der Waals surface area contributed by atoms with Gasteiger partial charge in [0.25, 0.3) is 0 Å². The molecule has 8 heteroatoms. The van der Waals surface area contributed by atoms with Crippen LogP contribution in [0.3, 0.4) is 0 Å². The van der Waals surface area contributed by atoms with E-state index in [1.165, 1.54) is 11.1 Å². The van der Waals surface area contributed by atoms with E-state index in [0.29, 0.717) is 24.4 Å². The van der Waals surface area contributed by atoms with Gasteiger partial charge in [0.2, 0.25) is 5.91 Å². The van der Waals surface area contributed by atoms with Gasteiger partial charge in [0.1, 0.15) is 5.75 Å². The van der Waals surface area contributed by atoms with Crippen LogP contribution in [0.25, 0.3) is 0 Å². The third kappa shape index (κ3) is 6.50.